The van der Waals surface area contributed by atoms with Crippen molar-refractivity contribution in [2.45, 2.75) is 26.7 Å². The van der Waals surface area contributed by atoms with Crippen LogP contribution < -0.4 is 10.5 Å². The number of hydrogen-bond acceptors (Lipinski definition) is 5. The number of ether oxygens (including phenoxy) is 1. The number of benzene rings is 1. The third kappa shape index (κ3) is 3.28. The minimum Gasteiger partial charge on any atom is -0.437 e. The summed E-state index contributed by atoms with van der Waals surface area (Å²) in [7, 11) is 0. The fourth-order valence-electron chi connectivity index (χ4n) is 1.81. The van der Waals surface area contributed by atoms with Gasteiger partial charge in [0, 0.05) is 12.4 Å². The smallest absolute Gasteiger partial charge is 0.249 e. The predicted molar refractivity (Wildman–Crippen MR) is 79.9 cm³/mol. The van der Waals surface area contributed by atoms with Crippen molar-refractivity contribution in [3.05, 3.63) is 47.4 Å². The average Bonchev–Trinajstić information content (AvgIpc) is 2.49. The third-order valence-electron chi connectivity index (χ3n) is 3.10. The van der Waals surface area contributed by atoms with Crippen LogP contribution in [0.4, 0.5) is 0 Å². The van der Waals surface area contributed by atoms with Crippen molar-refractivity contribution in [1.82, 2.24) is 9.97 Å². The van der Waals surface area contributed by atoms with E-state index >= 15 is 0 Å². The van der Waals surface area contributed by atoms with E-state index in [2.05, 4.69) is 35.0 Å². The van der Waals surface area contributed by atoms with Gasteiger partial charge in [-0.1, -0.05) is 31.1 Å². The van der Waals surface area contributed by atoms with Gasteiger partial charge in [0.1, 0.15) is 5.75 Å². The van der Waals surface area contributed by atoms with Gasteiger partial charge in [-0.3, -0.25) is 0 Å². The maximum atomic E-state index is 8.79. The maximum absolute atomic E-state index is 8.79. The summed E-state index contributed by atoms with van der Waals surface area (Å²) in [6, 6.07) is 6.02. The van der Waals surface area contributed by atoms with Gasteiger partial charge in [0.15, 0.2) is 11.5 Å². The lowest BCUT2D eigenvalue weighted by Crippen LogP contribution is -2.16. The molecule has 0 bridgehead atoms. The molecule has 0 fully saturated rings. The molecule has 6 nitrogen and oxygen atoms in total. The van der Waals surface area contributed by atoms with Crippen molar-refractivity contribution in [2.24, 2.45) is 10.9 Å². The second-order valence-corrected chi connectivity index (χ2v) is 4.98. The Morgan fingerprint density at radius 1 is 1.29 bits per heavy atom. The van der Waals surface area contributed by atoms with Crippen molar-refractivity contribution in [3.63, 3.8) is 0 Å². The standard InChI is InChI=1S/C15H18N4O2/c1-9(2)11-5-4-10(3)12(8-11)21-15-13(14(16)19-20)17-6-7-18-15/h4-9,20H,1-3H3,(H2,16,19). The Labute approximate surface area is 123 Å². The molecule has 6 heteroatoms. The quantitative estimate of drug-likeness (QED) is 0.390. The Hall–Kier alpha value is -2.63. The normalized spacial score (nSPS) is 11.7. The Morgan fingerprint density at radius 3 is 2.67 bits per heavy atom. The molecule has 2 rings (SSSR count). The van der Waals surface area contributed by atoms with E-state index in [-0.39, 0.29) is 17.4 Å². The molecule has 0 aliphatic rings. The van der Waals surface area contributed by atoms with Crippen molar-refractivity contribution >= 4 is 5.84 Å². The Bertz CT molecular complexity index is 668. The lowest BCUT2D eigenvalue weighted by Gasteiger charge is -2.13. The van der Waals surface area contributed by atoms with Crippen LogP contribution in [0.1, 0.15) is 36.6 Å². The summed E-state index contributed by atoms with van der Waals surface area (Å²) in [4.78, 5) is 8.13. The summed E-state index contributed by atoms with van der Waals surface area (Å²) in [5.74, 6) is 1.12. The number of nitrogens with zero attached hydrogens (tertiary/aromatic N) is 3. The van der Waals surface area contributed by atoms with Gasteiger partial charge in [-0.25, -0.2) is 9.97 Å². The number of hydrogen-bond donors (Lipinski definition) is 2. The largest absolute Gasteiger partial charge is 0.437 e. The number of amidine groups is 1. The third-order valence-corrected chi connectivity index (χ3v) is 3.10. The second-order valence-electron chi connectivity index (χ2n) is 4.98. The molecule has 0 aliphatic heterocycles. The zero-order valence-corrected chi connectivity index (χ0v) is 12.2. The molecule has 110 valence electrons. The van der Waals surface area contributed by atoms with Crippen LogP contribution in [0.25, 0.3) is 0 Å². The highest BCUT2D eigenvalue weighted by atomic mass is 16.5. The van der Waals surface area contributed by atoms with Crippen LogP contribution in [0, 0.1) is 6.92 Å². The molecule has 0 saturated carbocycles. The van der Waals surface area contributed by atoms with E-state index in [9.17, 15) is 0 Å². The van der Waals surface area contributed by atoms with Crippen molar-refractivity contribution in [1.29, 1.82) is 0 Å². The summed E-state index contributed by atoms with van der Waals surface area (Å²) in [5.41, 5.74) is 7.91. The van der Waals surface area contributed by atoms with Crippen LogP contribution >= 0.6 is 0 Å². The topological polar surface area (TPSA) is 93.6 Å². The number of aryl methyl sites for hydroxylation is 1. The highest BCUT2D eigenvalue weighted by Gasteiger charge is 2.14. The Kier molecular flexibility index (Phi) is 4.37. The molecular weight excluding hydrogens is 268 g/mol. The molecule has 0 amide bonds. The summed E-state index contributed by atoms with van der Waals surface area (Å²) >= 11 is 0. The van der Waals surface area contributed by atoms with Gasteiger partial charge in [0.25, 0.3) is 0 Å². The van der Waals surface area contributed by atoms with Gasteiger partial charge in [-0.05, 0) is 30.0 Å². The highest BCUT2D eigenvalue weighted by Crippen LogP contribution is 2.28. The van der Waals surface area contributed by atoms with Crippen molar-refractivity contribution < 1.29 is 9.94 Å². The van der Waals surface area contributed by atoms with E-state index in [1.807, 2.05) is 19.1 Å². The van der Waals surface area contributed by atoms with Crippen LogP contribution in [0.2, 0.25) is 0 Å². The first kappa shape index (κ1) is 14.8. The Morgan fingerprint density at radius 2 is 2.00 bits per heavy atom. The molecule has 0 atom stereocenters. The second kappa shape index (κ2) is 6.21. The van der Waals surface area contributed by atoms with Gasteiger partial charge in [0.2, 0.25) is 5.88 Å². The van der Waals surface area contributed by atoms with Crippen LogP contribution in [0.15, 0.2) is 35.7 Å². The Balaban J connectivity index is 2.41. The molecule has 2 aromatic rings. The van der Waals surface area contributed by atoms with Gasteiger partial charge in [0.05, 0.1) is 0 Å². The molecule has 0 spiro atoms. The first-order valence-corrected chi connectivity index (χ1v) is 6.60. The van der Waals surface area contributed by atoms with Gasteiger partial charge in [-0.15, -0.1) is 0 Å². The minimum atomic E-state index is -0.143. The zero-order valence-electron chi connectivity index (χ0n) is 12.2. The molecule has 1 heterocycles. The summed E-state index contributed by atoms with van der Waals surface area (Å²) < 4.78 is 5.81. The average molecular weight is 286 g/mol. The molecule has 21 heavy (non-hydrogen) atoms. The van der Waals surface area contributed by atoms with Crippen LogP contribution in [-0.2, 0) is 0 Å². The summed E-state index contributed by atoms with van der Waals surface area (Å²) in [6.07, 6.45) is 2.95. The van der Waals surface area contributed by atoms with Crippen LogP contribution in [0.5, 0.6) is 11.6 Å². The van der Waals surface area contributed by atoms with Gasteiger partial charge >= 0.3 is 0 Å². The molecule has 0 saturated heterocycles. The maximum Gasteiger partial charge on any atom is 0.249 e. The molecular formula is C15H18N4O2. The van der Waals surface area contributed by atoms with E-state index in [4.69, 9.17) is 15.7 Å². The predicted octanol–water partition coefficient (Wildman–Crippen LogP) is 2.80. The van der Waals surface area contributed by atoms with Gasteiger partial charge in [-0.2, -0.15) is 0 Å². The lowest BCUT2D eigenvalue weighted by atomic mass is 10.0. The van der Waals surface area contributed by atoms with E-state index in [0.29, 0.717) is 11.7 Å². The first-order valence-electron chi connectivity index (χ1n) is 6.60. The SMILES string of the molecule is Cc1ccc(C(C)C)cc1Oc1nccnc1C(N)=NO. The monoisotopic (exact) mass is 286 g/mol. The molecule has 0 aliphatic carbocycles. The fourth-order valence-corrected chi connectivity index (χ4v) is 1.81. The zero-order chi connectivity index (χ0) is 15.4. The molecule has 1 aromatic heterocycles. The van der Waals surface area contributed by atoms with E-state index in [0.717, 1.165) is 11.1 Å². The van der Waals surface area contributed by atoms with E-state index < -0.39 is 0 Å². The minimum absolute atomic E-state index is 0.143. The molecule has 0 unspecified atom stereocenters. The summed E-state index contributed by atoms with van der Waals surface area (Å²) in [6.45, 7) is 6.16. The first-order chi connectivity index (χ1) is 10.0. The van der Waals surface area contributed by atoms with Crippen molar-refractivity contribution in [3.8, 4) is 11.6 Å². The van der Waals surface area contributed by atoms with E-state index in [1.165, 1.54) is 12.4 Å². The van der Waals surface area contributed by atoms with Crippen LogP contribution in [0.3, 0.4) is 0 Å². The molecule has 3 N–H and O–H groups in total. The van der Waals surface area contributed by atoms with Crippen LogP contribution in [-0.4, -0.2) is 21.0 Å². The van der Waals surface area contributed by atoms with E-state index in [1.54, 1.807) is 0 Å². The number of rotatable bonds is 4. The number of oxime groups is 1. The van der Waals surface area contributed by atoms with Crippen molar-refractivity contribution in [2.75, 3.05) is 0 Å². The summed E-state index contributed by atoms with van der Waals surface area (Å²) in [5, 5.41) is 11.7. The fraction of sp³-hybridized carbons (Fsp3) is 0.267. The molecule has 1 aromatic carbocycles. The number of nitrogens with two attached hydrogens (primary N) is 1. The number of aromatic nitrogens is 2. The van der Waals surface area contributed by atoms with Gasteiger partial charge < -0.3 is 15.7 Å². The molecule has 0 radical (unpaired) electrons. The highest BCUT2D eigenvalue weighted by molar-refractivity contribution is 5.97. The lowest BCUT2D eigenvalue weighted by molar-refractivity contribution is 0.318.